The van der Waals surface area contributed by atoms with Gasteiger partial charge in [-0.1, -0.05) is 170 Å². The van der Waals surface area contributed by atoms with Crippen molar-refractivity contribution < 1.29 is 0 Å². The predicted octanol–water partition coefficient (Wildman–Crippen LogP) is 10.3. The third kappa shape index (κ3) is 5.40. The Balaban J connectivity index is 1.23. The molecule has 1 N–H and O–H groups in total. The predicted molar refractivity (Wildman–Crippen MR) is 192 cm³/mol. The minimum Gasteiger partial charge on any atom is -0.344 e. The molecule has 0 spiro atoms. The van der Waals surface area contributed by atoms with Crippen molar-refractivity contribution in [1.82, 2.24) is 5.32 Å². The van der Waals surface area contributed by atoms with Crippen molar-refractivity contribution in [2.45, 2.75) is 6.17 Å². The molecule has 218 valence electrons. The summed E-state index contributed by atoms with van der Waals surface area (Å²) in [6.45, 7) is 0. The summed E-state index contributed by atoms with van der Waals surface area (Å²) in [7, 11) is 0. The maximum Gasteiger partial charge on any atom is 0.160 e. The number of rotatable bonds is 6. The Hall–Kier alpha value is -6.06. The highest BCUT2D eigenvalue weighted by Gasteiger charge is 2.23. The Morgan fingerprint density at radius 3 is 1.67 bits per heavy atom. The topological polar surface area (TPSA) is 36.8 Å². The van der Waals surface area contributed by atoms with Gasteiger partial charge in [-0.15, -0.1) is 0 Å². The lowest BCUT2D eigenvalue weighted by Gasteiger charge is -2.25. The molecule has 0 aromatic heterocycles. The van der Waals surface area contributed by atoms with Crippen molar-refractivity contribution in [2.75, 3.05) is 0 Å². The Kier molecular flexibility index (Phi) is 7.26. The van der Waals surface area contributed by atoms with Gasteiger partial charge in [0.2, 0.25) is 0 Å². The minimum atomic E-state index is -0.281. The Bertz CT molecular complexity index is 2200. The first-order valence-electron chi connectivity index (χ1n) is 15.6. The summed E-state index contributed by atoms with van der Waals surface area (Å²) in [5, 5.41) is 5.99. The van der Waals surface area contributed by atoms with E-state index in [0.29, 0.717) is 5.84 Å². The number of aliphatic imine (C=N–C) groups is 2. The molecule has 0 bridgehead atoms. The van der Waals surface area contributed by atoms with E-state index >= 15 is 0 Å². The summed E-state index contributed by atoms with van der Waals surface area (Å²) in [4.78, 5) is 10.4. The van der Waals surface area contributed by atoms with Crippen LogP contribution in [-0.4, -0.2) is 11.7 Å². The van der Waals surface area contributed by atoms with Gasteiger partial charge in [-0.25, -0.2) is 9.98 Å². The van der Waals surface area contributed by atoms with Crippen LogP contribution in [0, 0.1) is 0 Å². The van der Waals surface area contributed by atoms with E-state index in [1.807, 2.05) is 12.1 Å². The van der Waals surface area contributed by atoms with Gasteiger partial charge in [-0.3, -0.25) is 0 Å². The van der Waals surface area contributed by atoms with Crippen molar-refractivity contribution in [1.29, 1.82) is 0 Å². The van der Waals surface area contributed by atoms with Crippen LogP contribution < -0.4 is 5.32 Å². The zero-order valence-electron chi connectivity index (χ0n) is 25.2. The SMILES string of the molecule is c1ccc(-c2ccc(-c3ccccc3C3=NC(c4ccccc4)NC(c4cccc5cc(-c6ccccc6)ccc45)=N3)cc2)cc1. The van der Waals surface area contributed by atoms with Crippen LogP contribution in [0.25, 0.3) is 44.2 Å². The highest BCUT2D eigenvalue weighted by atomic mass is 15.2. The highest BCUT2D eigenvalue weighted by Crippen LogP contribution is 2.32. The number of nitrogens with one attached hydrogen (secondary N) is 1. The van der Waals surface area contributed by atoms with Gasteiger partial charge in [-0.05, 0) is 55.8 Å². The van der Waals surface area contributed by atoms with Gasteiger partial charge in [0.1, 0.15) is 12.0 Å². The molecule has 46 heavy (non-hydrogen) atoms. The average Bonchev–Trinajstić information content (AvgIpc) is 3.15. The van der Waals surface area contributed by atoms with Crippen LogP contribution in [0.5, 0.6) is 0 Å². The van der Waals surface area contributed by atoms with Gasteiger partial charge >= 0.3 is 0 Å². The number of nitrogens with zero attached hydrogens (tertiary/aromatic N) is 2. The van der Waals surface area contributed by atoms with Crippen molar-refractivity contribution in [3.05, 3.63) is 193 Å². The Morgan fingerprint density at radius 1 is 0.413 bits per heavy atom. The summed E-state index contributed by atoms with van der Waals surface area (Å²) < 4.78 is 0. The standard InChI is InChI=1S/C43H31N3/c1-4-13-30(14-5-1)32-23-25-33(26-24-32)37-20-10-11-21-39(37)42-44-41(34-17-8-3-9-18-34)45-43(46-42)40-22-12-19-36-29-35(27-28-38(36)40)31-15-6-2-7-16-31/h1-29,41H,(H,44,45,46). The second-order valence-corrected chi connectivity index (χ2v) is 11.5. The zero-order chi connectivity index (χ0) is 30.7. The molecule has 3 nitrogen and oxygen atoms in total. The molecule has 1 heterocycles. The van der Waals surface area contributed by atoms with Crippen molar-refractivity contribution in [3.8, 4) is 33.4 Å². The summed E-state index contributed by atoms with van der Waals surface area (Å²) in [6, 6.07) is 61.7. The first-order chi connectivity index (χ1) is 22.8. The molecule has 7 aromatic carbocycles. The summed E-state index contributed by atoms with van der Waals surface area (Å²) in [6.07, 6.45) is -0.281. The molecule has 1 aliphatic rings. The smallest absolute Gasteiger partial charge is 0.160 e. The first-order valence-corrected chi connectivity index (χ1v) is 15.6. The molecule has 0 radical (unpaired) electrons. The fourth-order valence-electron chi connectivity index (χ4n) is 6.22. The van der Waals surface area contributed by atoms with Gasteiger partial charge in [0.25, 0.3) is 0 Å². The first kappa shape index (κ1) is 27.5. The van der Waals surface area contributed by atoms with Crippen molar-refractivity contribution in [3.63, 3.8) is 0 Å². The summed E-state index contributed by atoms with van der Waals surface area (Å²) in [5.41, 5.74) is 10.2. The van der Waals surface area contributed by atoms with Crippen LogP contribution >= 0.6 is 0 Å². The van der Waals surface area contributed by atoms with E-state index in [9.17, 15) is 0 Å². The van der Waals surface area contributed by atoms with E-state index in [-0.39, 0.29) is 6.17 Å². The average molecular weight is 590 g/mol. The Labute approximate surface area is 269 Å². The number of benzene rings is 7. The molecular formula is C43H31N3. The maximum atomic E-state index is 5.24. The number of hydrogen-bond acceptors (Lipinski definition) is 3. The van der Waals surface area contributed by atoms with Gasteiger partial charge in [0.05, 0.1) is 0 Å². The lowest BCUT2D eigenvalue weighted by atomic mass is 9.95. The third-order valence-electron chi connectivity index (χ3n) is 8.57. The second-order valence-electron chi connectivity index (χ2n) is 11.5. The minimum absolute atomic E-state index is 0.281. The van der Waals surface area contributed by atoms with Crippen molar-refractivity contribution >= 4 is 22.4 Å². The van der Waals surface area contributed by atoms with Crippen LogP contribution in [0.3, 0.4) is 0 Å². The van der Waals surface area contributed by atoms with E-state index in [1.54, 1.807) is 0 Å². The molecule has 7 aromatic rings. The van der Waals surface area contributed by atoms with Crippen LogP contribution in [0.2, 0.25) is 0 Å². The molecule has 1 aliphatic heterocycles. The molecule has 3 heteroatoms. The van der Waals surface area contributed by atoms with E-state index in [2.05, 4.69) is 169 Å². The van der Waals surface area contributed by atoms with E-state index < -0.39 is 0 Å². The highest BCUT2D eigenvalue weighted by molar-refractivity contribution is 6.19. The molecule has 0 amide bonds. The number of hydrogen-bond donors (Lipinski definition) is 1. The molecule has 0 saturated carbocycles. The maximum absolute atomic E-state index is 5.24. The van der Waals surface area contributed by atoms with Crippen LogP contribution in [-0.2, 0) is 0 Å². The molecule has 8 rings (SSSR count). The lowest BCUT2D eigenvalue weighted by Crippen LogP contribution is -2.33. The molecule has 1 unspecified atom stereocenters. The summed E-state index contributed by atoms with van der Waals surface area (Å²) >= 11 is 0. The third-order valence-corrected chi connectivity index (χ3v) is 8.57. The zero-order valence-corrected chi connectivity index (χ0v) is 25.2. The van der Waals surface area contributed by atoms with Gasteiger partial charge in [0, 0.05) is 11.1 Å². The fraction of sp³-hybridized carbons (Fsp3) is 0.0233. The monoisotopic (exact) mass is 589 g/mol. The Morgan fingerprint density at radius 2 is 0.957 bits per heavy atom. The van der Waals surface area contributed by atoms with Crippen molar-refractivity contribution in [2.24, 2.45) is 9.98 Å². The van der Waals surface area contributed by atoms with Gasteiger partial charge in [0.15, 0.2) is 5.84 Å². The van der Waals surface area contributed by atoms with Crippen LogP contribution in [0.1, 0.15) is 22.9 Å². The molecule has 0 aliphatic carbocycles. The molecule has 0 saturated heterocycles. The normalized spacial score (nSPS) is 14.3. The second kappa shape index (κ2) is 12.1. The van der Waals surface area contributed by atoms with Crippen LogP contribution in [0.4, 0.5) is 0 Å². The van der Waals surface area contributed by atoms with Crippen LogP contribution in [0.15, 0.2) is 186 Å². The number of fused-ring (bicyclic) bond motifs is 1. The largest absolute Gasteiger partial charge is 0.344 e. The van der Waals surface area contributed by atoms with Gasteiger partial charge < -0.3 is 5.32 Å². The van der Waals surface area contributed by atoms with Gasteiger partial charge in [-0.2, -0.15) is 0 Å². The lowest BCUT2D eigenvalue weighted by molar-refractivity contribution is 0.674. The quantitative estimate of drug-likeness (QED) is 0.206. The van der Waals surface area contributed by atoms with E-state index in [0.717, 1.165) is 39.0 Å². The molecule has 1 atom stereocenters. The summed E-state index contributed by atoms with van der Waals surface area (Å²) in [5.74, 6) is 1.52. The van der Waals surface area contributed by atoms with E-state index in [1.165, 1.54) is 27.6 Å². The molecular weight excluding hydrogens is 558 g/mol. The molecule has 0 fully saturated rings. The van der Waals surface area contributed by atoms with E-state index in [4.69, 9.17) is 9.98 Å². The fourth-order valence-corrected chi connectivity index (χ4v) is 6.22. The number of amidine groups is 2.